The Bertz CT molecular complexity index is 561. The number of rotatable bonds is 4. The smallest absolute Gasteiger partial charge is 0.236 e. The van der Waals surface area contributed by atoms with Crippen molar-refractivity contribution in [2.45, 2.75) is 65.7 Å². The molecule has 4 aliphatic rings. The summed E-state index contributed by atoms with van der Waals surface area (Å²) >= 11 is 3.69. The minimum atomic E-state index is -0.0742. The number of piperidine rings is 2. The van der Waals surface area contributed by atoms with Gasteiger partial charge in [-0.15, -0.1) is 23.5 Å². The molecule has 2 atom stereocenters. The van der Waals surface area contributed by atoms with E-state index in [1.165, 1.54) is 0 Å². The molecule has 26 heavy (non-hydrogen) atoms. The summed E-state index contributed by atoms with van der Waals surface area (Å²) in [6.45, 7) is 6.70. The lowest BCUT2D eigenvalue weighted by Crippen LogP contribution is -2.51. The number of nitrogens with one attached hydrogen (secondary N) is 3. The van der Waals surface area contributed by atoms with Crippen LogP contribution in [-0.2, 0) is 9.59 Å². The average molecular weight is 399 g/mol. The van der Waals surface area contributed by atoms with Gasteiger partial charge in [0.25, 0.3) is 0 Å². The first kappa shape index (κ1) is 18.9. The molecule has 0 aliphatic carbocycles. The van der Waals surface area contributed by atoms with Crippen LogP contribution < -0.4 is 16.0 Å². The first-order valence-corrected chi connectivity index (χ1v) is 11.7. The van der Waals surface area contributed by atoms with Gasteiger partial charge in [-0.25, -0.2) is 0 Å². The highest BCUT2D eigenvalue weighted by Gasteiger charge is 2.52. The van der Waals surface area contributed by atoms with E-state index in [0.717, 1.165) is 64.7 Å². The third-order valence-corrected chi connectivity index (χ3v) is 9.77. The van der Waals surface area contributed by atoms with Crippen molar-refractivity contribution in [3.8, 4) is 0 Å². The van der Waals surface area contributed by atoms with Crippen LogP contribution in [0.3, 0.4) is 0 Å². The predicted octanol–water partition coefficient (Wildman–Crippen LogP) is 1.12. The molecule has 0 aromatic rings. The molecule has 0 aromatic heterocycles. The van der Waals surface area contributed by atoms with E-state index < -0.39 is 0 Å². The van der Waals surface area contributed by atoms with Crippen molar-refractivity contribution in [2.75, 3.05) is 32.7 Å². The Morgan fingerprint density at radius 2 is 1.65 bits per heavy atom. The molecule has 146 valence electrons. The van der Waals surface area contributed by atoms with Crippen LogP contribution in [0.4, 0.5) is 0 Å². The van der Waals surface area contributed by atoms with Crippen molar-refractivity contribution in [3.63, 3.8) is 0 Å². The summed E-state index contributed by atoms with van der Waals surface area (Å²) in [5.74, 6) is 0.460. The Labute approximate surface area is 164 Å². The SMILES string of the molecule is CC[C@H]1SC2(CCNCC2)N(CC[C@@H]2SC3(CCNCC3)NC2=O)C1=O. The summed E-state index contributed by atoms with van der Waals surface area (Å²) in [4.78, 5) is 27.5. The second kappa shape index (κ2) is 7.53. The van der Waals surface area contributed by atoms with Crippen molar-refractivity contribution in [1.29, 1.82) is 0 Å². The lowest BCUT2D eigenvalue weighted by Gasteiger charge is -2.41. The van der Waals surface area contributed by atoms with Crippen LogP contribution in [-0.4, -0.2) is 69.7 Å². The number of hydrogen-bond acceptors (Lipinski definition) is 6. The van der Waals surface area contributed by atoms with Gasteiger partial charge in [0.15, 0.2) is 0 Å². The van der Waals surface area contributed by atoms with E-state index in [9.17, 15) is 9.59 Å². The molecule has 3 N–H and O–H groups in total. The largest absolute Gasteiger partial charge is 0.341 e. The molecule has 4 rings (SSSR count). The highest BCUT2D eigenvalue weighted by Crippen LogP contribution is 2.48. The summed E-state index contributed by atoms with van der Waals surface area (Å²) < 4.78 is 0. The quantitative estimate of drug-likeness (QED) is 0.659. The number of carbonyl (C=O) groups excluding carboxylic acids is 2. The van der Waals surface area contributed by atoms with Gasteiger partial charge in [0.1, 0.15) is 0 Å². The third-order valence-electron chi connectivity index (χ3n) is 6.19. The zero-order chi connectivity index (χ0) is 18.2. The van der Waals surface area contributed by atoms with Crippen LogP contribution in [0.25, 0.3) is 0 Å². The Morgan fingerprint density at radius 3 is 2.31 bits per heavy atom. The molecule has 8 heteroatoms. The number of thioether (sulfide) groups is 2. The lowest BCUT2D eigenvalue weighted by atomic mass is 10.0. The fraction of sp³-hybridized carbons (Fsp3) is 0.889. The molecule has 4 fully saturated rings. The van der Waals surface area contributed by atoms with Crippen molar-refractivity contribution in [3.05, 3.63) is 0 Å². The van der Waals surface area contributed by atoms with Gasteiger partial charge in [-0.1, -0.05) is 6.92 Å². The van der Waals surface area contributed by atoms with Crippen molar-refractivity contribution >= 4 is 35.3 Å². The maximum absolute atomic E-state index is 13.0. The number of hydrogen-bond donors (Lipinski definition) is 3. The van der Waals surface area contributed by atoms with E-state index in [1.807, 2.05) is 23.5 Å². The fourth-order valence-electron chi connectivity index (χ4n) is 4.70. The Morgan fingerprint density at radius 1 is 1.00 bits per heavy atom. The van der Waals surface area contributed by atoms with Gasteiger partial charge in [0, 0.05) is 6.54 Å². The number of carbonyl (C=O) groups is 2. The topological polar surface area (TPSA) is 73.5 Å². The molecular weight excluding hydrogens is 368 g/mol. The first-order valence-electron chi connectivity index (χ1n) is 9.98. The van der Waals surface area contributed by atoms with Gasteiger partial charge in [-0.3, -0.25) is 9.59 Å². The highest BCUT2D eigenvalue weighted by molar-refractivity contribution is 8.02. The van der Waals surface area contributed by atoms with Gasteiger partial charge < -0.3 is 20.9 Å². The summed E-state index contributed by atoms with van der Waals surface area (Å²) in [6.07, 6.45) is 5.67. The van der Waals surface area contributed by atoms with Gasteiger partial charge in [-0.2, -0.15) is 0 Å². The molecule has 0 bridgehead atoms. The molecule has 4 aliphatic heterocycles. The average Bonchev–Trinajstić information content (AvgIpc) is 3.08. The van der Waals surface area contributed by atoms with E-state index in [0.29, 0.717) is 12.5 Å². The van der Waals surface area contributed by atoms with Crippen LogP contribution >= 0.6 is 23.5 Å². The van der Waals surface area contributed by atoms with Gasteiger partial charge in [0.05, 0.1) is 20.2 Å². The molecule has 4 heterocycles. The minimum absolute atomic E-state index is 0.0228. The monoisotopic (exact) mass is 398 g/mol. The van der Waals surface area contributed by atoms with Crippen molar-refractivity contribution in [2.24, 2.45) is 0 Å². The second-order valence-electron chi connectivity index (χ2n) is 7.83. The maximum Gasteiger partial charge on any atom is 0.236 e. The van der Waals surface area contributed by atoms with E-state index in [-0.39, 0.29) is 26.1 Å². The summed E-state index contributed by atoms with van der Waals surface area (Å²) in [5.41, 5.74) is 0. The summed E-state index contributed by atoms with van der Waals surface area (Å²) in [5, 5.41) is 10.1. The Hall–Kier alpha value is -0.440. The van der Waals surface area contributed by atoms with Crippen LogP contribution in [0, 0.1) is 0 Å². The number of nitrogens with zero attached hydrogens (tertiary/aromatic N) is 1. The Kier molecular flexibility index (Phi) is 5.47. The van der Waals surface area contributed by atoms with E-state index in [2.05, 4.69) is 27.8 Å². The van der Waals surface area contributed by atoms with Crippen molar-refractivity contribution in [1.82, 2.24) is 20.9 Å². The molecule has 0 unspecified atom stereocenters. The van der Waals surface area contributed by atoms with Gasteiger partial charge in [-0.05, 0) is 64.7 Å². The molecular formula is C18H30N4O2S2. The molecule has 0 aromatic carbocycles. The van der Waals surface area contributed by atoms with Gasteiger partial charge in [0.2, 0.25) is 11.8 Å². The molecule has 2 amide bonds. The number of amides is 2. The Balaban J connectivity index is 1.42. The molecule has 4 saturated heterocycles. The standard InChI is InChI=1S/C18H30N4O2S2/c1-2-13-16(24)22(18(26-13)6-10-20-11-7-18)12-3-14-15(23)21-17(25-14)4-8-19-9-5-17/h13-14,19-20H,2-12H2,1H3,(H,21,23)/t13-,14+/m1/s1. The minimum Gasteiger partial charge on any atom is -0.341 e. The van der Waals surface area contributed by atoms with Gasteiger partial charge >= 0.3 is 0 Å². The summed E-state index contributed by atoms with van der Waals surface area (Å²) in [6, 6.07) is 0. The molecule has 6 nitrogen and oxygen atoms in total. The van der Waals surface area contributed by atoms with Crippen LogP contribution in [0.15, 0.2) is 0 Å². The normalized spacial score (nSPS) is 33.2. The van der Waals surface area contributed by atoms with E-state index >= 15 is 0 Å². The van der Waals surface area contributed by atoms with E-state index in [4.69, 9.17) is 0 Å². The lowest BCUT2D eigenvalue weighted by molar-refractivity contribution is -0.133. The zero-order valence-electron chi connectivity index (χ0n) is 15.5. The molecule has 0 radical (unpaired) electrons. The van der Waals surface area contributed by atoms with Crippen molar-refractivity contribution < 1.29 is 9.59 Å². The van der Waals surface area contributed by atoms with Crippen LogP contribution in [0.2, 0.25) is 0 Å². The fourth-order valence-corrected chi connectivity index (χ4v) is 7.91. The zero-order valence-corrected chi connectivity index (χ0v) is 17.1. The summed E-state index contributed by atoms with van der Waals surface area (Å²) in [7, 11) is 0. The molecule has 2 spiro atoms. The highest BCUT2D eigenvalue weighted by atomic mass is 32.2. The van der Waals surface area contributed by atoms with E-state index in [1.54, 1.807) is 0 Å². The second-order valence-corrected chi connectivity index (χ2v) is 11.0. The predicted molar refractivity (Wildman–Crippen MR) is 107 cm³/mol. The molecule has 0 saturated carbocycles. The third kappa shape index (κ3) is 3.38. The van der Waals surface area contributed by atoms with Crippen LogP contribution in [0.1, 0.15) is 45.4 Å². The first-order chi connectivity index (χ1) is 12.6. The maximum atomic E-state index is 13.0. The van der Waals surface area contributed by atoms with Crippen LogP contribution in [0.5, 0.6) is 0 Å².